The number of rotatable bonds is 10. The first-order valence-corrected chi connectivity index (χ1v) is 12.5. The van der Waals surface area contributed by atoms with Gasteiger partial charge >= 0.3 is 0 Å². The molecule has 0 radical (unpaired) electrons. The molecule has 32 heavy (non-hydrogen) atoms. The molecular formula is C27H34N2O2S. The van der Waals surface area contributed by atoms with Crippen LogP contribution < -0.4 is 10.1 Å². The standard InChI is InChI=1S/C27H34N2O2S/c1-28-15-11-26(27-10-5-19-32-27)31-25-9-3-2-6-22(25)14-18-29-16-12-21(13-17-29)23-7-4-8-24(30)20-23/h2-10,19-21,26,28,30H,11-18H2,1H3. The van der Waals surface area contributed by atoms with Gasteiger partial charge in [-0.25, -0.2) is 0 Å². The molecule has 1 fully saturated rings. The molecule has 4 nitrogen and oxygen atoms in total. The second-order valence-corrected chi connectivity index (χ2v) is 9.56. The van der Waals surface area contributed by atoms with Crippen molar-refractivity contribution in [1.29, 1.82) is 0 Å². The number of nitrogens with one attached hydrogen (secondary N) is 1. The highest BCUT2D eigenvalue weighted by molar-refractivity contribution is 7.10. The number of aromatic hydroxyl groups is 1. The summed E-state index contributed by atoms with van der Waals surface area (Å²) in [5, 5.41) is 15.2. The van der Waals surface area contributed by atoms with Crippen LogP contribution in [-0.4, -0.2) is 43.2 Å². The van der Waals surface area contributed by atoms with Gasteiger partial charge in [0.15, 0.2) is 0 Å². The van der Waals surface area contributed by atoms with Crippen LogP contribution in [0, 0.1) is 0 Å². The fourth-order valence-corrected chi connectivity index (χ4v) is 5.32. The summed E-state index contributed by atoms with van der Waals surface area (Å²) in [4.78, 5) is 3.84. The van der Waals surface area contributed by atoms with Gasteiger partial charge in [-0.1, -0.05) is 36.4 Å². The summed E-state index contributed by atoms with van der Waals surface area (Å²) < 4.78 is 6.55. The zero-order valence-corrected chi connectivity index (χ0v) is 19.7. The lowest BCUT2D eigenvalue weighted by molar-refractivity contribution is 0.192. The van der Waals surface area contributed by atoms with Crippen LogP contribution in [0.3, 0.4) is 0 Å². The van der Waals surface area contributed by atoms with Crippen molar-refractivity contribution in [3.8, 4) is 11.5 Å². The number of piperidine rings is 1. The van der Waals surface area contributed by atoms with Gasteiger partial charge in [0.1, 0.15) is 17.6 Å². The third-order valence-electron chi connectivity index (χ3n) is 6.39. The number of para-hydroxylation sites is 1. The number of thiophene rings is 1. The van der Waals surface area contributed by atoms with E-state index in [9.17, 15) is 5.11 Å². The van der Waals surface area contributed by atoms with Crippen LogP contribution in [-0.2, 0) is 6.42 Å². The van der Waals surface area contributed by atoms with Gasteiger partial charge in [0, 0.05) is 17.8 Å². The average Bonchev–Trinajstić information content (AvgIpc) is 3.36. The molecule has 4 rings (SSSR count). The molecule has 3 aromatic rings. The van der Waals surface area contributed by atoms with Crippen molar-refractivity contribution in [1.82, 2.24) is 10.2 Å². The molecule has 1 unspecified atom stereocenters. The number of nitrogens with zero attached hydrogens (tertiary/aromatic N) is 1. The maximum absolute atomic E-state index is 9.78. The minimum atomic E-state index is 0.0848. The highest BCUT2D eigenvalue weighted by Crippen LogP contribution is 2.32. The summed E-state index contributed by atoms with van der Waals surface area (Å²) in [6.07, 6.45) is 4.32. The molecule has 2 aromatic carbocycles. The molecule has 0 spiro atoms. The maximum Gasteiger partial charge on any atom is 0.134 e. The van der Waals surface area contributed by atoms with Crippen LogP contribution in [0.15, 0.2) is 66.0 Å². The van der Waals surface area contributed by atoms with E-state index >= 15 is 0 Å². The van der Waals surface area contributed by atoms with Crippen LogP contribution in [0.4, 0.5) is 0 Å². The minimum Gasteiger partial charge on any atom is -0.508 e. The Morgan fingerprint density at radius 2 is 1.94 bits per heavy atom. The van der Waals surface area contributed by atoms with Crippen molar-refractivity contribution >= 4 is 11.3 Å². The second kappa shape index (κ2) is 11.5. The molecular weight excluding hydrogens is 416 g/mol. The highest BCUT2D eigenvalue weighted by atomic mass is 32.1. The normalized spacial score (nSPS) is 16.2. The molecule has 1 atom stereocenters. The molecule has 1 aromatic heterocycles. The molecule has 2 N–H and O–H groups in total. The molecule has 2 heterocycles. The van der Waals surface area contributed by atoms with Crippen LogP contribution in [0.25, 0.3) is 0 Å². The zero-order chi connectivity index (χ0) is 22.2. The molecule has 0 bridgehead atoms. The summed E-state index contributed by atoms with van der Waals surface area (Å²) in [6, 6.07) is 20.5. The number of likely N-dealkylation sites (tertiary alicyclic amines) is 1. The van der Waals surface area contributed by atoms with Gasteiger partial charge in [0.05, 0.1) is 0 Å². The summed E-state index contributed by atoms with van der Waals surface area (Å²) in [5.74, 6) is 1.93. The summed E-state index contributed by atoms with van der Waals surface area (Å²) in [5.41, 5.74) is 2.55. The lowest BCUT2D eigenvalue weighted by Gasteiger charge is -2.32. The first-order chi connectivity index (χ1) is 15.7. The van der Waals surface area contributed by atoms with E-state index in [4.69, 9.17) is 4.74 Å². The van der Waals surface area contributed by atoms with E-state index in [2.05, 4.69) is 58.1 Å². The minimum absolute atomic E-state index is 0.0848. The molecule has 0 amide bonds. The van der Waals surface area contributed by atoms with Crippen molar-refractivity contribution < 1.29 is 9.84 Å². The number of hydrogen-bond acceptors (Lipinski definition) is 5. The second-order valence-electron chi connectivity index (χ2n) is 8.58. The van der Waals surface area contributed by atoms with Crippen molar-refractivity contribution in [2.75, 3.05) is 33.2 Å². The SMILES string of the molecule is CNCCC(Oc1ccccc1CCN1CCC(c2cccc(O)c2)CC1)c1cccs1. The third-order valence-corrected chi connectivity index (χ3v) is 7.35. The summed E-state index contributed by atoms with van der Waals surface area (Å²) >= 11 is 1.77. The third kappa shape index (κ3) is 6.12. The lowest BCUT2D eigenvalue weighted by Crippen LogP contribution is -2.34. The average molecular weight is 451 g/mol. The van der Waals surface area contributed by atoms with E-state index in [0.29, 0.717) is 11.7 Å². The highest BCUT2D eigenvalue weighted by Gasteiger charge is 2.21. The van der Waals surface area contributed by atoms with Gasteiger partial charge < -0.3 is 20.1 Å². The van der Waals surface area contributed by atoms with Gasteiger partial charge in [-0.05, 0) is 92.6 Å². The van der Waals surface area contributed by atoms with Gasteiger partial charge in [-0.15, -0.1) is 11.3 Å². The van der Waals surface area contributed by atoms with E-state index in [1.807, 2.05) is 19.2 Å². The Morgan fingerprint density at radius 1 is 1.09 bits per heavy atom. The number of benzene rings is 2. The first-order valence-electron chi connectivity index (χ1n) is 11.7. The Hall–Kier alpha value is -2.34. The molecule has 1 aliphatic rings. The van der Waals surface area contributed by atoms with Gasteiger partial charge in [-0.3, -0.25) is 0 Å². The van der Waals surface area contributed by atoms with Gasteiger partial charge in [0.25, 0.3) is 0 Å². The Balaban J connectivity index is 1.33. The van der Waals surface area contributed by atoms with E-state index < -0.39 is 0 Å². The van der Waals surface area contributed by atoms with Crippen molar-refractivity contribution in [3.63, 3.8) is 0 Å². The topological polar surface area (TPSA) is 44.7 Å². The van der Waals surface area contributed by atoms with E-state index in [-0.39, 0.29) is 6.10 Å². The van der Waals surface area contributed by atoms with Crippen LogP contribution in [0.5, 0.6) is 11.5 Å². The van der Waals surface area contributed by atoms with Crippen LogP contribution in [0.2, 0.25) is 0 Å². The monoisotopic (exact) mass is 450 g/mol. The van der Waals surface area contributed by atoms with Crippen molar-refractivity contribution in [2.24, 2.45) is 0 Å². The van der Waals surface area contributed by atoms with E-state index in [0.717, 1.165) is 57.6 Å². The predicted octanol–water partition coefficient (Wildman–Crippen LogP) is 5.61. The van der Waals surface area contributed by atoms with Gasteiger partial charge in [-0.2, -0.15) is 0 Å². The number of phenolic OH excluding ortho intramolecular Hbond substituents is 1. The fraction of sp³-hybridized carbons (Fsp3) is 0.407. The Labute approximate surface area is 195 Å². The molecule has 0 saturated carbocycles. The Kier molecular flexibility index (Phi) is 8.21. The summed E-state index contributed by atoms with van der Waals surface area (Å²) in [7, 11) is 1.99. The molecule has 1 aliphatic heterocycles. The van der Waals surface area contributed by atoms with Crippen LogP contribution in [0.1, 0.15) is 47.3 Å². The van der Waals surface area contributed by atoms with Crippen molar-refractivity contribution in [3.05, 3.63) is 82.0 Å². The molecule has 5 heteroatoms. The molecule has 0 aliphatic carbocycles. The van der Waals surface area contributed by atoms with Gasteiger partial charge in [0.2, 0.25) is 0 Å². The quantitative estimate of drug-likeness (QED) is 0.422. The maximum atomic E-state index is 9.78. The molecule has 170 valence electrons. The zero-order valence-electron chi connectivity index (χ0n) is 18.9. The lowest BCUT2D eigenvalue weighted by atomic mass is 9.89. The molecule has 1 saturated heterocycles. The summed E-state index contributed by atoms with van der Waals surface area (Å²) in [6.45, 7) is 4.18. The smallest absolute Gasteiger partial charge is 0.134 e. The van der Waals surface area contributed by atoms with E-state index in [1.54, 1.807) is 17.4 Å². The number of hydrogen-bond donors (Lipinski definition) is 2. The van der Waals surface area contributed by atoms with Crippen molar-refractivity contribution in [2.45, 2.75) is 37.7 Å². The predicted molar refractivity (Wildman–Crippen MR) is 133 cm³/mol. The number of ether oxygens (including phenoxy) is 1. The number of phenols is 1. The first kappa shape index (κ1) is 22.8. The fourth-order valence-electron chi connectivity index (χ4n) is 4.53. The van der Waals surface area contributed by atoms with Crippen LogP contribution >= 0.6 is 11.3 Å². The largest absolute Gasteiger partial charge is 0.508 e. The Bertz CT molecular complexity index is 952. The van der Waals surface area contributed by atoms with E-state index in [1.165, 1.54) is 16.0 Å². The Morgan fingerprint density at radius 3 is 2.69 bits per heavy atom.